The molecule has 0 amide bonds. The van der Waals surface area contributed by atoms with Gasteiger partial charge >= 0.3 is 0 Å². The van der Waals surface area contributed by atoms with Crippen LogP contribution in [0.5, 0.6) is 0 Å². The summed E-state index contributed by atoms with van der Waals surface area (Å²) in [5.74, 6) is 0. The zero-order chi connectivity index (χ0) is 15.8. The lowest BCUT2D eigenvalue weighted by Gasteiger charge is -1.99. The Morgan fingerprint density at radius 3 is 2.48 bits per heavy atom. The summed E-state index contributed by atoms with van der Waals surface area (Å²) in [4.78, 5) is 0. The predicted molar refractivity (Wildman–Crippen MR) is 103 cm³/mol. The summed E-state index contributed by atoms with van der Waals surface area (Å²) in [7, 11) is 1.31. The molecule has 2 nitrogen and oxygen atoms in total. The van der Waals surface area contributed by atoms with Crippen molar-refractivity contribution in [1.29, 1.82) is 0 Å². The summed E-state index contributed by atoms with van der Waals surface area (Å²) < 4.78 is 10.5. The molecular weight excluding hydrogens is 339 g/mol. The molecule has 0 saturated heterocycles. The van der Waals surface area contributed by atoms with Gasteiger partial charge in [-0.1, -0.05) is 35.6 Å². The second kappa shape index (κ2) is 6.20. The Kier molecular flexibility index (Phi) is 4.06. The molecule has 0 fully saturated rings. The largest absolute Gasteiger partial charge is 0.328 e. The standard InChI is InChI=1S/C18H18N2PS2/c1-3-19-13-9-5-7-11-15(13)22-17(19)21-18-20(4-2)14-10-6-8-12-16(14)23-18/h5-12H,3-4H2,1-2H3/q+1. The summed E-state index contributed by atoms with van der Waals surface area (Å²) in [5, 5.41) is 0. The minimum absolute atomic E-state index is 1.02. The third kappa shape index (κ3) is 2.55. The van der Waals surface area contributed by atoms with E-state index in [9.17, 15) is 0 Å². The molecule has 0 N–H and O–H groups in total. The first kappa shape index (κ1) is 15.1. The van der Waals surface area contributed by atoms with Gasteiger partial charge in [0.25, 0.3) is 4.75 Å². The molecule has 4 aromatic rings. The Bertz CT molecular complexity index is 1060. The number of hydrogen-bond acceptors (Lipinski definition) is 2. The van der Waals surface area contributed by atoms with Gasteiger partial charge in [0, 0.05) is 12.6 Å². The van der Waals surface area contributed by atoms with Crippen LogP contribution in [0.15, 0.2) is 48.5 Å². The van der Waals surface area contributed by atoms with Crippen LogP contribution in [0.3, 0.4) is 0 Å². The fourth-order valence-corrected chi connectivity index (χ4v) is 7.38. The lowest BCUT2D eigenvalue weighted by molar-refractivity contribution is -0.646. The minimum atomic E-state index is 1.02. The molecule has 4 rings (SSSR count). The van der Waals surface area contributed by atoms with Crippen LogP contribution in [0.2, 0.25) is 0 Å². The molecule has 2 aromatic carbocycles. The molecule has 0 aliphatic carbocycles. The minimum Gasteiger partial charge on any atom is -0.328 e. The molecule has 5 heteroatoms. The monoisotopic (exact) mass is 357 g/mol. The van der Waals surface area contributed by atoms with Crippen LogP contribution in [0.4, 0.5) is 0 Å². The van der Waals surface area contributed by atoms with E-state index < -0.39 is 0 Å². The van der Waals surface area contributed by atoms with Gasteiger partial charge in [0.2, 0.25) is 5.52 Å². The number of hydrogen-bond donors (Lipinski definition) is 0. The van der Waals surface area contributed by atoms with E-state index in [2.05, 4.69) is 71.5 Å². The van der Waals surface area contributed by atoms with Gasteiger partial charge in [0.15, 0.2) is 0 Å². The summed E-state index contributed by atoms with van der Waals surface area (Å²) in [5.41, 5.74) is 2.71. The van der Waals surface area contributed by atoms with Crippen LogP contribution in [0.1, 0.15) is 13.8 Å². The Morgan fingerprint density at radius 1 is 0.957 bits per heavy atom. The van der Waals surface area contributed by atoms with Crippen LogP contribution in [0.25, 0.3) is 20.4 Å². The normalized spacial score (nSPS) is 12.5. The SMILES string of the molecule is CCn1c(=Pc2sc3ccccc3[n+]2CC)sc2ccccc21. The molecule has 2 heterocycles. The molecule has 0 saturated carbocycles. The first-order chi connectivity index (χ1) is 11.3. The van der Waals surface area contributed by atoms with Crippen molar-refractivity contribution < 1.29 is 4.57 Å². The number of aryl methyl sites for hydroxylation is 2. The van der Waals surface area contributed by atoms with E-state index in [1.165, 1.54) is 37.8 Å². The van der Waals surface area contributed by atoms with Gasteiger partial charge in [-0.25, -0.2) is 0 Å². The average Bonchev–Trinajstić information content (AvgIpc) is 3.11. The highest BCUT2D eigenvalue weighted by Gasteiger charge is 2.17. The van der Waals surface area contributed by atoms with Crippen molar-refractivity contribution in [2.75, 3.05) is 0 Å². The van der Waals surface area contributed by atoms with Gasteiger partial charge in [-0.3, -0.25) is 0 Å². The van der Waals surface area contributed by atoms with Crippen molar-refractivity contribution in [2.24, 2.45) is 0 Å². The van der Waals surface area contributed by atoms with Crippen molar-refractivity contribution in [1.82, 2.24) is 4.57 Å². The summed E-state index contributed by atoms with van der Waals surface area (Å²) in [6.45, 7) is 6.50. The topological polar surface area (TPSA) is 8.81 Å². The van der Waals surface area contributed by atoms with E-state index in [0.29, 0.717) is 0 Å². The molecule has 0 aliphatic rings. The Morgan fingerprint density at radius 2 is 1.70 bits per heavy atom. The smallest absolute Gasteiger partial charge is 0.290 e. The number of nitrogens with zero attached hydrogens (tertiary/aromatic N) is 2. The maximum atomic E-state index is 2.45. The van der Waals surface area contributed by atoms with Crippen LogP contribution in [-0.2, 0) is 13.1 Å². The molecule has 0 unspecified atom stereocenters. The molecule has 116 valence electrons. The highest BCUT2D eigenvalue weighted by atomic mass is 32.1. The van der Waals surface area contributed by atoms with Crippen molar-refractivity contribution >= 4 is 56.1 Å². The van der Waals surface area contributed by atoms with Gasteiger partial charge in [-0.2, -0.15) is 4.57 Å². The molecular formula is C18H18N2PS2+. The van der Waals surface area contributed by atoms with E-state index in [1.54, 1.807) is 0 Å². The Balaban J connectivity index is 2.01. The highest BCUT2D eigenvalue weighted by Crippen LogP contribution is 2.27. The number of benzene rings is 2. The highest BCUT2D eigenvalue weighted by molar-refractivity contribution is 7.53. The van der Waals surface area contributed by atoms with Gasteiger partial charge in [0.1, 0.15) is 15.6 Å². The quantitative estimate of drug-likeness (QED) is 0.358. The zero-order valence-electron chi connectivity index (χ0n) is 13.2. The third-order valence-electron chi connectivity index (χ3n) is 4.00. The summed E-state index contributed by atoms with van der Waals surface area (Å²) in [6.07, 6.45) is 0. The van der Waals surface area contributed by atoms with Crippen LogP contribution in [0, 0.1) is 4.38 Å². The fourth-order valence-electron chi connectivity index (χ4n) is 2.91. The third-order valence-corrected chi connectivity index (χ3v) is 7.90. The second-order valence-electron chi connectivity index (χ2n) is 5.31. The van der Waals surface area contributed by atoms with Crippen molar-refractivity contribution in [2.45, 2.75) is 26.9 Å². The number of thiazole rings is 2. The van der Waals surface area contributed by atoms with Gasteiger partial charge < -0.3 is 4.57 Å². The van der Waals surface area contributed by atoms with Crippen molar-refractivity contribution in [3.63, 3.8) is 0 Å². The predicted octanol–water partition coefficient (Wildman–Crippen LogP) is 5.05. The van der Waals surface area contributed by atoms with Gasteiger partial charge in [-0.05, 0) is 32.0 Å². The lowest BCUT2D eigenvalue weighted by Crippen LogP contribution is -2.42. The van der Waals surface area contributed by atoms with E-state index >= 15 is 0 Å². The Labute approximate surface area is 145 Å². The maximum Gasteiger partial charge on any atom is 0.290 e. The first-order valence-corrected chi connectivity index (χ1v) is 10.4. The van der Waals surface area contributed by atoms with Crippen LogP contribution >= 0.6 is 30.9 Å². The molecule has 2 aromatic heterocycles. The molecule has 0 bridgehead atoms. The number of fused-ring (bicyclic) bond motifs is 2. The van der Waals surface area contributed by atoms with E-state index in [4.69, 9.17) is 0 Å². The zero-order valence-corrected chi connectivity index (χ0v) is 15.7. The summed E-state index contributed by atoms with van der Waals surface area (Å²) in [6, 6.07) is 17.4. The lowest BCUT2D eigenvalue weighted by atomic mass is 10.3. The van der Waals surface area contributed by atoms with Gasteiger partial charge in [-0.15, -0.1) is 11.3 Å². The molecule has 0 aliphatic heterocycles. The van der Waals surface area contributed by atoms with Crippen molar-refractivity contribution in [3.05, 3.63) is 52.9 Å². The maximum absolute atomic E-state index is 2.45. The average molecular weight is 357 g/mol. The second-order valence-corrected chi connectivity index (χ2v) is 9.04. The van der Waals surface area contributed by atoms with E-state index in [0.717, 1.165) is 13.1 Å². The molecule has 0 atom stereocenters. The number of rotatable bonds is 3. The molecule has 0 spiro atoms. The van der Waals surface area contributed by atoms with Crippen LogP contribution < -0.4 is 9.32 Å². The number of aromatic nitrogens is 2. The fraction of sp³-hybridized carbons (Fsp3) is 0.222. The van der Waals surface area contributed by atoms with Crippen LogP contribution in [-0.4, -0.2) is 4.57 Å². The molecule has 0 radical (unpaired) electrons. The van der Waals surface area contributed by atoms with Gasteiger partial charge in [0.05, 0.1) is 18.4 Å². The first-order valence-electron chi connectivity index (χ1n) is 7.86. The van der Waals surface area contributed by atoms with E-state index in [1.807, 2.05) is 22.7 Å². The summed E-state index contributed by atoms with van der Waals surface area (Å²) >= 11 is 3.83. The Hall–Kier alpha value is -1.48. The number of para-hydroxylation sites is 2. The van der Waals surface area contributed by atoms with Crippen molar-refractivity contribution in [3.8, 4) is 0 Å². The van der Waals surface area contributed by atoms with E-state index in [-0.39, 0.29) is 0 Å². The molecule has 23 heavy (non-hydrogen) atoms.